The maximum Gasteiger partial charge on any atom is 0.257 e. The first-order chi connectivity index (χ1) is 17.3. The molecule has 2 N–H and O–H groups in total. The number of aryl methyl sites for hydroxylation is 2. The summed E-state index contributed by atoms with van der Waals surface area (Å²) < 4.78 is 0. The first-order valence-corrected chi connectivity index (χ1v) is 13.0. The van der Waals surface area contributed by atoms with Gasteiger partial charge in [0.1, 0.15) is 5.01 Å². The Morgan fingerprint density at radius 2 is 1.78 bits per heavy atom. The van der Waals surface area contributed by atoms with Crippen LogP contribution < -0.4 is 15.5 Å². The molecule has 3 aromatic rings. The Kier molecular flexibility index (Phi) is 7.79. The fourth-order valence-corrected chi connectivity index (χ4v) is 5.32. The van der Waals surface area contributed by atoms with Gasteiger partial charge in [0.2, 0.25) is 16.9 Å². The van der Waals surface area contributed by atoms with Crippen LogP contribution in [0.15, 0.2) is 42.5 Å². The number of aromatic nitrogens is 2. The van der Waals surface area contributed by atoms with E-state index in [1.165, 1.54) is 11.3 Å². The summed E-state index contributed by atoms with van der Waals surface area (Å²) in [4.78, 5) is 39.7. The van der Waals surface area contributed by atoms with Gasteiger partial charge in [0.05, 0.1) is 0 Å². The van der Waals surface area contributed by atoms with Gasteiger partial charge in [-0.25, -0.2) is 0 Å². The van der Waals surface area contributed by atoms with Crippen molar-refractivity contribution in [2.75, 3.05) is 22.1 Å². The summed E-state index contributed by atoms with van der Waals surface area (Å²) in [6.45, 7) is 8.53. The predicted molar refractivity (Wildman–Crippen MR) is 143 cm³/mol. The van der Waals surface area contributed by atoms with Crippen molar-refractivity contribution in [1.82, 2.24) is 10.2 Å². The highest BCUT2D eigenvalue weighted by molar-refractivity contribution is 7.15. The molecule has 36 heavy (non-hydrogen) atoms. The zero-order chi connectivity index (χ0) is 25.8. The van der Waals surface area contributed by atoms with E-state index < -0.39 is 0 Å². The molecule has 0 radical (unpaired) electrons. The van der Waals surface area contributed by atoms with Crippen LogP contribution in [0.2, 0.25) is 0 Å². The second-order valence-electron chi connectivity index (χ2n) is 9.23. The molecule has 1 unspecified atom stereocenters. The minimum atomic E-state index is -0.337. The van der Waals surface area contributed by atoms with Crippen molar-refractivity contribution < 1.29 is 14.4 Å². The lowest BCUT2D eigenvalue weighted by Gasteiger charge is -2.17. The SMILES string of the molecule is CCC(CC)C(=O)Nc1cccc(C(=O)Nc2nnc(C3CC(=O)N(c4cc(C)cc(C)c4)C3)s2)c1. The van der Waals surface area contributed by atoms with Crippen molar-refractivity contribution in [1.29, 1.82) is 0 Å². The number of benzene rings is 2. The monoisotopic (exact) mass is 505 g/mol. The molecule has 1 aliphatic rings. The first kappa shape index (κ1) is 25.5. The third-order valence-corrected chi connectivity index (χ3v) is 7.40. The molecule has 0 spiro atoms. The molecule has 1 fully saturated rings. The van der Waals surface area contributed by atoms with Gasteiger partial charge in [-0.05, 0) is 68.1 Å². The summed E-state index contributed by atoms with van der Waals surface area (Å²) in [6.07, 6.45) is 1.88. The Labute approximate surface area is 215 Å². The van der Waals surface area contributed by atoms with Crippen LogP contribution in [0.3, 0.4) is 0 Å². The van der Waals surface area contributed by atoms with Crippen LogP contribution in [-0.4, -0.2) is 34.5 Å². The normalized spacial score (nSPS) is 15.4. The summed E-state index contributed by atoms with van der Waals surface area (Å²) in [5.74, 6) is -0.471. The molecule has 1 aromatic heterocycles. The number of nitrogens with zero attached hydrogens (tertiary/aromatic N) is 3. The molecular formula is C27H31N5O3S. The highest BCUT2D eigenvalue weighted by Gasteiger charge is 2.34. The second-order valence-corrected chi connectivity index (χ2v) is 10.2. The topological polar surface area (TPSA) is 104 Å². The third kappa shape index (κ3) is 5.79. The van der Waals surface area contributed by atoms with E-state index in [1.54, 1.807) is 29.2 Å². The molecule has 8 nitrogen and oxygen atoms in total. The van der Waals surface area contributed by atoms with Crippen LogP contribution in [0.4, 0.5) is 16.5 Å². The predicted octanol–water partition coefficient (Wildman–Crippen LogP) is 5.30. The molecule has 0 aliphatic carbocycles. The summed E-state index contributed by atoms with van der Waals surface area (Å²) >= 11 is 1.28. The molecule has 1 aliphatic heterocycles. The zero-order valence-corrected chi connectivity index (χ0v) is 21.8. The summed E-state index contributed by atoms with van der Waals surface area (Å²) in [7, 11) is 0. The fraction of sp³-hybridized carbons (Fsp3) is 0.370. The van der Waals surface area contributed by atoms with Crippen molar-refractivity contribution in [3.63, 3.8) is 0 Å². The molecule has 2 heterocycles. The average Bonchev–Trinajstić information content (AvgIpc) is 3.46. The van der Waals surface area contributed by atoms with E-state index in [1.807, 2.05) is 39.8 Å². The number of amides is 3. The molecule has 4 rings (SSSR count). The Hall–Kier alpha value is -3.59. The fourth-order valence-electron chi connectivity index (χ4n) is 4.49. The lowest BCUT2D eigenvalue weighted by Crippen LogP contribution is -2.24. The van der Waals surface area contributed by atoms with Crippen molar-refractivity contribution in [3.8, 4) is 0 Å². The molecule has 1 saturated heterocycles. The zero-order valence-electron chi connectivity index (χ0n) is 21.0. The maximum absolute atomic E-state index is 12.8. The third-order valence-electron chi connectivity index (χ3n) is 6.40. The van der Waals surface area contributed by atoms with Crippen LogP contribution >= 0.6 is 11.3 Å². The summed E-state index contributed by atoms with van der Waals surface area (Å²) in [5, 5.41) is 15.2. The Bertz CT molecular complexity index is 1260. The highest BCUT2D eigenvalue weighted by Crippen LogP contribution is 2.35. The number of hydrogen-bond donors (Lipinski definition) is 2. The van der Waals surface area contributed by atoms with Gasteiger partial charge in [-0.2, -0.15) is 0 Å². The summed E-state index contributed by atoms with van der Waals surface area (Å²) in [5.41, 5.74) is 4.11. The van der Waals surface area contributed by atoms with E-state index in [-0.39, 0.29) is 29.6 Å². The Morgan fingerprint density at radius 1 is 1.06 bits per heavy atom. The molecule has 0 saturated carbocycles. The Balaban J connectivity index is 1.41. The van der Waals surface area contributed by atoms with Gasteiger partial charge in [0.15, 0.2) is 0 Å². The van der Waals surface area contributed by atoms with Crippen molar-refractivity contribution in [3.05, 3.63) is 64.2 Å². The number of rotatable bonds is 8. The average molecular weight is 506 g/mol. The molecule has 3 amide bonds. The standard InChI is InChI=1S/C27H31N5O3S/c1-5-18(6-2)24(34)28-21-9-7-8-19(13-21)25(35)29-27-31-30-26(36-27)20-14-23(33)32(15-20)22-11-16(3)10-17(4)12-22/h7-13,18,20H,5-6,14-15H2,1-4H3,(H,28,34)(H,29,31,35). The number of carbonyl (C=O) groups excluding carboxylic acids is 3. The van der Waals surface area contributed by atoms with E-state index in [9.17, 15) is 14.4 Å². The molecule has 0 bridgehead atoms. The van der Waals surface area contributed by atoms with Crippen LogP contribution in [0.5, 0.6) is 0 Å². The highest BCUT2D eigenvalue weighted by atomic mass is 32.1. The van der Waals surface area contributed by atoms with E-state index in [2.05, 4.69) is 26.9 Å². The molecular weight excluding hydrogens is 474 g/mol. The number of hydrogen-bond acceptors (Lipinski definition) is 6. The lowest BCUT2D eigenvalue weighted by molar-refractivity contribution is -0.120. The molecule has 9 heteroatoms. The van der Waals surface area contributed by atoms with Gasteiger partial charge in [-0.3, -0.25) is 19.7 Å². The van der Waals surface area contributed by atoms with Gasteiger partial charge < -0.3 is 10.2 Å². The number of anilines is 3. The van der Waals surface area contributed by atoms with Crippen LogP contribution in [0.1, 0.15) is 65.5 Å². The van der Waals surface area contributed by atoms with Crippen molar-refractivity contribution in [2.24, 2.45) is 5.92 Å². The minimum Gasteiger partial charge on any atom is -0.326 e. The smallest absolute Gasteiger partial charge is 0.257 e. The first-order valence-electron chi connectivity index (χ1n) is 12.2. The van der Waals surface area contributed by atoms with Gasteiger partial charge in [0, 0.05) is 41.7 Å². The largest absolute Gasteiger partial charge is 0.326 e. The molecule has 188 valence electrons. The Morgan fingerprint density at radius 3 is 2.47 bits per heavy atom. The second kappa shape index (κ2) is 11.0. The van der Waals surface area contributed by atoms with Gasteiger partial charge >= 0.3 is 0 Å². The quantitative estimate of drug-likeness (QED) is 0.432. The van der Waals surface area contributed by atoms with Crippen LogP contribution in [-0.2, 0) is 9.59 Å². The summed E-state index contributed by atoms with van der Waals surface area (Å²) in [6, 6.07) is 12.9. The number of nitrogens with one attached hydrogen (secondary N) is 2. The number of carbonyl (C=O) groups is 3. The minimum absolute atomic E-state index is 0.0488. The van der Waals surface area contributed by atoms with E-state index in [0.29, 0.717) is 29.3 Å². The molecule has 2 aromatic carbocycles. The maximum atomic E-state index is 12.8. The van der Waals surface area contributed by atoms with Crippen molar-refractivity contribution in [2.45, 2.75) is 52.9 Å². The van der Waals surface area contributed by atoms with Crippen LogP contribution in [0, 0.1) is 19.8 Å². The van der Waals surface area contributed by atoms with E-state index in [0.717, 1.165) is 34.7 Å². The van der Waals surface area contributed by atoms with Gasteiger partial charge in [-0.15, -0.1) is 10.2 Å². The van der Waals surface area contributed by atoms with E-state index >= 15 is 0 Å². The van der Waals surface area contributed by atoms with E-state index in [4.69, 9.17) is 0 Å². The van der Waals surface area contributed by atoms with Gasteiger partial charge in [-0.1, -0.05) is 37.3 Å². The van der Waals surface area contributed by atoms with Gasteiger partial charge in [0.25, 0.3) is 5.91 Å². The van der Waals surface area contributed by atoms with Crippen molar-refractivity contribution >= 4 is 45.6 Å². The lowest BCUT2D eigenvalue weighted by atomic mass is 10.0. The van der Waals surface area contributed by atoms with Crippen LogP contribution in [0.25, 0.3) is 0 Å². The molecule has 1 atom stereocenters.